The minimum Gasteiger partial charge on any atom is -0.355 e. The van der Waals surface area contributed by atoms with E-state index in [4.69, 9.17) is 11.6 Å². The van der Waals surface area contributed by atoms with Gasteiger partial charge in [0.05, 0.1) is 0 Å². The van der Waals surface area contributed by atoms with Gasteiger partial charge in [-0.2, -0.15) is 0 Å². The Morgan fingerprint density at radius 3 is 2.23 bits per heavy atom. The first-order valence-corrected chi connectivity index (χ1v) is 10.4. The van der Waals surface area contributed by atoms with Crippen molar-refractivity contribution in [2.24, 2.45) is 0 Å². The third kappa shape index (κ3) is 5.86. The van der Waals surface area contributed by atoms with Crippen LogP contribution in [0.5, 0.6) is 0 Å². The molecule has 1 heterocycles. The third-order valence-electron chi connectivity index (χ3n) is 5.12. The van der Waals surface area contributed by atoms with Crippen LogP contribution >= 0.6 is 11.6 Å². The van der Waals surface area contributed by atoms with Gasteiger partial charge in [-0.3, -0.25) is 9.59 Å². The van der Waals surface area contributed by atoms with E-state index in [2.05, 4.69) is 10.6 Å². The largest absolute Gasteiger partial charge is 0.355 e. The molecule has 0 radical (unpaired) electrons. The van der Waals surface area contributed by atoms with E-state index in [0.29, 0.717) is 42.5 Å². The van der Waals surface area contributed by atoms with Gasteiger partial charge in [0.25, 0.3) is 5.91 Å². The van der Waals surface area contributed by atoms with Crippen molar-refractivity contribution >= 4 is 41.2 Å². The molecule has 0 unspecified atom stereocenters. The highest BCUT2D eigenvalue weighted by Crippen LogP contribution is 2.20. The SMILES string of the molecule is CNC(=O)c1ccc(/C=C/C(=O)N2CCN(C(=O)Nc3ccc(C)c(Cl)c3)CC2)cc1. The van der Waals surface area contributed by atoms with Crippen LogP contribution in [0.4, 0.5) is 10.5 Å². The summed E-state index contributed by atoms with van der Waals surface area (Å²) in [6.45, 7) is 3.72. The third-order valence-corrected chi connectivity index (χ3v) is 5.53. The van der Waals surface area contributed by atoms with Crippen molar-refractivity contribution in [2.75, 3.05) is 38.5 Å². The smallest absolute Gasteiger partial charge is 0.321 e. The van der Waals surface area contributed by atoms with E-state index in [9.17, 15) is 14.4 Å². The molecule has 162 valence electrons. The minimum absolute atomic E-state index is 0.110. The average Bonchev–Trinajstić information content (AvgIpc) is 2.79. The number of hydrogen-bond acceptors (Lipinski definition) is 3. The molecule has 1 fully saturated rings. The Hall–Kier alpha value is -3.32. The van der Waals surface area contributed by atoms with Crippen molar-refractivity contribution in [2.45, 2.75) is 6.92 Å². The quantitative estimate of drug-likeness (QED) is 0.715. The molecule has 8 heteroatoms. The van der Waals surface area contributed by atoms with E-state index < -0.39 is 0 Å². The molecule has 2 N–H and O–H groups in total. The number of hydrogen-bond donors (Lipinski definition) is 2. The van der Waals surface area contributed by atoms with Gasteiger partial charge in [0.15, 0.2) is 0 Å². The maximum atomic E-state index is 12.5. The van der Waals surface area contributed by atoms with Crippen molar-refractivity contribution < 1.29 is 14.4 Å². The predicted molar refractivity (Wildman–Crippen MR) is 122 cm³/mol. The zero-order chi connectivity index (χ0) is 22.4. The topological polar surface area (TPSA) is 81.8 Å². The molecule has 1 saturated heterocycles. The Morgan fingerprint density at radius 2 is 1.61 bits per heavy atom. The summed E-state index contributed by atoms with van der Waals surface area (Å²) in [6, 6.07) is 12.2. The first kappa shape index (κ1) is 22.4. The maximum absolute atomic E-state index is 12.5. The van der Waals surface area contributed by atoms with Crippen LogP contribution in [-0.4, -0.2) is 60.9 Å². The van der Waals surface area contributed by atoms with Gasteiger partial charge < -0.3 is 20.4 Å². The number of rotatable bonds is 4. The summed E-state index contributed by atoms with van der Waals surface area (Å²) in [4.78, 5) is 39.9. The normalized spacial score (nSPS) is 13.9. The lowest BCUT2D eigenvalue weighted by atomic mass is 10.1. The van der Waals surface area contributed by atoms with Crippen molar-refractivity contribution in [1.82, 2.24) is 15.1 Å². The second-order valence-corrected chi connectivity index (χ2v) is 7.65. The first-order chi connectivity index (χ1) is 14.9. The molecule has 7 nitrogen and oxygen atoms in total. The summed E-state index contributed by atoms with van der Waals surface area (Å²) in [7, 11) is 1.58. The van der Waals surface area contributed by atoms with Crippen LogP contribution in [0.2, 0.25) is 5.02 Å². The molecule has 1 aliphatic rings. The number of carbonyl (C=O) groups is 3. The number of halogens is 1. The Morgan fingerprint density at radius 1 is 0.968 bits per heavy atom. The van der Waals surface area contributed by atoms with E-state index in [1.165, 1.54) is 6.08 Å². The van der Waals surface area contributed by atoms with Crippen molar-refractivity contribution in [3.05, 3.63) is 70.3 Å². The zero-order valence-electron chi connectivity index (χ0n) is 17.5. The molecule has 0 spiro atoms. The minimum atomic E-state index is -0.209. The van der Waals surface area contributed by atoms with Gasteiger partial charge in [0.1, 0.15) is 0 Å². The Kier molecular flexibility index (Phi) is 7.31. The van der Waals surface area contributed by atoms with Crippen molar-refractivity contribution in [1.29, 1.82) is 0 Å². The molecule has 0 aromatic heterocycles. The van der Waals surface area contributed by atoms with Gasteiger partial charge in [0, 0.05) is 55.6 Å². The summed E-state index contributed by atoms with van der Waals surface area (Å²) in [5, 5.41) is 6.01. The zero-order valence-corrected chi connectivity index (χ0v) is 18.3. The van der Waals surface area contributed by atoms with Crippen molar-refractivity contribution in [3.63, 3.8) is 0 Å². The summed E-state index contributed by atoms with van der Waals surface area (Å²) in [5.41, 5.74) is 2.98. The van der Waals surface area contributed by atoms with Gasteiger partial charge in [-0.1, -0.05) is 29.8 Å². The average molecular weight is 441 g/mol. The number of benzene rings is 2. The molecule has 31 heavy (non-hydrogen) atoms. The number of nitrogens with one attached hydrogen (secondary N) is 2. The first-order valence-electron chi connectivity index (χ1n) is 9.98. The highest BCUT2D eigenvalue weighted by atomic mass is 35.5. The van der Waals surface area contributed by atoms with Crippen LogP contribution in [0.25, 0.3) is 6.08 Å². The van der Waals surface area contributed by atoms with E-state index in [1.54, 1.807) is 53.3 Å². The molecular formula is C23H25ClN4O3. The van der Waals surface area contributed by atoms with Crippen LogP contribution in [0.15, 0.2) is 48.5 Å². The molecule has 0 bridgehead atoms. The molecule has 1 aliphatic heterocycles. The lowest BCUT2D eigenvalue weighted by Gasteiger charge is -2.34. The van der Waals surface area contributed by atoms with Crippen LogP contribution in [0.1, 0.15) is 21.5 Å². The number of nitrogens with zero attached hydrogens (tertiary/aromatic N) is 2. The summed E-state index contributed by atoms with van der Waals surface area (Å²) in [5.74, 6) is -0.264. The fraction of sp³-hybridized carbons (Fsp3) is 0.261. The maximum Gasteiger partial charge on any atom is 0.321 e. The lowest BCUT2D eigenvalue weighted by molar-refractivity contribution is -0.127. The van der Waals surface area contributed by atoms with Gasteiger partial charge in [-0.25, -0.2) is 4.79 Å². The second-order valence-electron chi connectivity index (χ2n) is 7.24. The molecule has 0 aliphatic carbocycles. The molecule has 2 aromatic rings. The Labute approximate surface area is 186 Å². The van der Waals surface area contributed by atoms with E-state index in [-0.39, 0.29) is 17.8 Å². The predicted octanol–water partition coefficient (Wildman–Crippen LogP) is 3.40. The Balaban J connectivity index is 1.49. The highest BCUT2D eigenvalue weighted by Gasteiger charge is 2.23. The molecule has 3 rings (SSSR count). The summed E-state index contributed by atoms with van der Waals surface area (Å²) >= 11 is 6.11. The van der Waals surface area contributed by atoms with Gasteiger partial charge >= 0.3 is 6.03 Å². The highest BCUT2D eigenvalue weighted by molar-refractivity contribution is 6.31. The van der Waals surface area contributed by atoms with Crippen molar-refractivity contribution in [3.8, 4) is 0 Å². The molecule has 0 saturated carbocycles. The van der Waals surface area contributed by atoms with Gasteiger partial charge in [-0.15, -0.1) is 0 Å². The van der Waals surface area contributed by atoms with E-state index >= 15 is 0 Å². The molecular weight excluding hydrogens is 416 g/mol. The standard InChI is InChI=1S/C23H25ClN4O3/c1-16-3-9-19(15-20(16)24)26-23(31)28-13-11-27(12-14-28)21(29)10-6-17-4-7-18(8-5-17)22(30)25-2/h3-10,15H,11-14H2,1-2H3,(H,25,30)(H,26,31)/b10-6+. The Bertz CT molecular complexity index is 996. The number of amides is 4. The summed E-state index contributed by atoms with van der Waals surface area (Å²) < 4.78 is 0. The van der Waals surface area contributed by atoms with E-state index in [1.807, 2.05) is 19.1 Å². The van der Waals surface area contributed by atoms with Crippen LogP contribution in [-0.2, 0) is 4.79 Å². The van der Waals surface area contributed by atoms with Gasteiger partial charge in [0.2, 0.25) is 5.91 Å². The number of piperazine rings is 1. The molecule has 4 amide bonds. The number of anilines is 1. The summed E-state index contributed by atoms with van der Waals surface area (Å²) in [6.07, 6.45) is 3.23. The monoisotopic (exact) mass is 440 g/mol. The molecule has 2 aromatic carbocycles. The number of carbonyl (C=O) groups excluding carboxylic acids is 3. The molecule has 0 atom stereocenters. The van der Waals surface area contributed by atoms with Crippen LogP contribution in [0, 0.1) is 6.92 Å². The van der Waals surface area contributed by atoms with Gasteiger partial charge in [-0.05, 0) is 48.4 Å². The second kappa shape index (κ2) is 10.1. The number of aryl methyl sites for hydroxylation is 1. The van der Waals surface area contributed by atoms with E-state index in [0.717, 1.165) is 11.1 Å². The number of urea groups is 1. The van der Waals surface area contributed by atoms with Crippen LogP contribution < -0.4 is 10.6 Å². The fourth-order valence-corrected chi connectivity index (χ4v) is 3.35. The fourth-order valence-electron chi connectivity index (χ4n) is 3.17. The lowest BCUT2D eigenvalue weighted by Crippen LogP contribution is -2.51. The van der Waals surface area contributed by atoms with Crippen LogP contribution in [0.3, 0.4) is 0 Å².